The lowest BCUT2D eigenvalue weighted by Gasteiger charge is -2.45. The summed E-state index contributed by atoms with van der Waals surface area (Å²) in [5, 5.41) is 0. The maximum absolute atomic E-state index is 7.72. The van der Waals surface area contributed by atoms with Crippen LogP contribution in [0.5, 0.6) is 0 Å². The summed E-state index contributed by atoms with van der Waals surface area (Å²) in [5.41, 5.74) is 3.22. The van der Waals surface area contributed by atoms with Gasteiger partial charge in [0.1, 0.15) is 0 Å². The molecule has 0 aromatic heterocycles. The van der Waals surface area contributed by atoms with Gasteiger partial charge in [-0.25, -0.2) is 0 Å². The van der Waals surface area contributed by atoms with Crippen LogP contribution in [0.1, 0.15) is 74.5 Å². The van der Waals surface area contributed by atoms with E-state index in [1.807, 2.05) is 0 Å². The molecule has 4 unspecified atom stereocenters. The molecule has 298 valence electrons. The highest BCUT2D eigenvalue weighted by Crippen LogP contribution is 2.42. The SMILES string of the molecule is CCCCCC(CC(c1ccccc1)[Si](C)(C)O[Si](C)(CCC[SiH](C)O[Si](C)(C)CCCOCCOC)O[Si](C)(C)O[Si](C)(C)C)c1ccccc1. The topological polar surface area (TPSA) is 55.4 Å². The third-order valence-corrected chi connectivity index (χ3v) is 32.1. The van der Waals surface area contributed by atoms with Gasteiger partial charge >= 0.3 is 17.1 Å². The minimum absolute atomic E-state index is 0.348. The highest BCUT2D eigenvalue weighted by Gasteiger charge is 2.48. The van der Waals surface area contributed by atoms with Crippen molar-refractivity contribution in [3.63, 3.8) is 0 Å². The molecule has 0 saturated heterocycles. The van der Waals surface area contributed by atoms with E-state index in [4.69, 9.17) is 25.9 Å². The van der Waals surface area contributed by atoms with Gasteiger partial charge in [-0.05, 0) is 126 Å². The number of unbranched alkanes of at least 4 members (excludes halogenated alkanes) is 2. The van der Waals surface area contributed by atoms with E-state index in [2.05, 4.69) is 140 Å². The quantitative estimate of drug-likeness (QED) is 0.0629. The number of ether oxygens (including phenoxy) is 2. The predicted octanol–water partition coefficient (Wildman–Crippen LogP) is 11.9. The Bertz CT molecular complexity index is 1230. The predicted molar refractivity (Wildman–Crippen MR) is 238 cm³/mol. The van der Waals surface area contributed by atoms with E-state index in [9.17, 15) is 0 Å². The summed E-state index contributed by atoms with van der Waals surface area (Å²) in [5.74, 6) is 0.497. The highest BCUT2D eigenvalue weighted by molar-refractivity contribution is 6.90. The van der Waals surface area contributed by atoms with Crippen LogP contribution in [0.15, 0.2) is 60.7 Å². The second-order valence-corrected chi connectivity index (χ2v) is 41.0. The molecule has 0 aliphatic carbocycles. The van der Waals surface area contributed by atoms with Crippen molar-refractivity contribution in [2.45, 2.75) is 153 Å². The van der Waals surface area contributed by atoms with Gasteiger partial charge in [0.25, 0.3) is 0 Å². The smallest absolute Gasteiger partial charge is 0.315 e. The van der Waals surface area contributed by atoms with Crippen molar-refractivity contribution in [3.8, 4) is 0 Å². The van der Waals surface area contributed by atoms with Gasteiger partial charge in [-0.2, -0.15) is 0 Å². The number of hydrogen-bond donors (Lipinski definition) is 0. The molecular formula is C40H78O6Si6. The molecule has 0 bridgehead atoms. The molecule has 12 heteroatoms. The second-order valence-electron chi connectivity index (χ2n) is 17.6. The maximum Gasteiger partial charge on any atom is 0.315 e. The Kier molecular flexibility index (Phi) is 21.0. The zero-order chi connectivity index (χ0) is 38.9. The number of hydrogen-bond acceptors (Lipinski definition) is 6. The van der Waals surface area contributed by atoms with E-state index in [1.54, 1.807) is 7.11 Å². The van der Waals surface area contributed by atoms with Gasteiger partial charge in [0.05, 0.1) is 13.2 Å². The highest BCUT2D eigenvalue weighted by atomic mass is 28.5. The van der Waals surface area contributed by atoms with Crippen LogP contribution in [0.2, 0.25) is 90.1 Å². The van der Waals surface area contributed by atoms with E-state index in [-0.39, 0.29) is 0 Å². The van der Waals surface area contributed by atoms with Crippen LogP contribution < -0.4 is 0 Å². The minimum atomic E-state index is -2.67. The summed E-state index contributed by atoms with van der Waals surface area (Å²) in [4.78, 5) is 0. The third kappa shape index (κ3) is 19.4. The van der Waals surface area contributed by atoms with Gasteiger partial charge in [-0.3, -0.25) is 0 Å². The van der Waals surface area contributed by atoms with Crippen LogP contribution in [-0.2, 0) is 25.9 Å². The van der Waals surface area contributed by atoms with Gasteiger partial charge in [0.15, 0.2) is 34.0 Å². The first kappa shape index (κ1) is 47.7. The fraction of sp³-hybridized carbons (Fsp3) is 0.700. The fourth-order valence-electron chi connectivity index (χ4n) is 7.82. The van der Waals surface area contributed by atoms with Crippen molar-refractivity contribution in [2.75, 3.05) is 26.9 Å². The summed E-state index contributed by atoms with van der Waals surface area (Å²) in [6.07, 6.45) is 8.23. The molecule has 4 atom stereocenters. The maximum atomic E-state index is 7.72. The van der Waals surface area contributed by atoms with E-state index in [0.717, 1.165) is 44.0 Å². The van der Waals surface area contributed by atoms with E-state index in [0.29, 0.717) is 24.7 Å². The molecule has 0 amide bonds. The van der Waals surface area contributed by atoms with E-state index >= 15 is 0 Å². The summed E-state index contributed by atoms with van der Waals surface area (Å²) >= 11 is 0. The van der Waals surface area contributed by atoms with Crippen molar-refractivity contribution in [1.29, 1.82) is 0 Å². The molecule has 6 nitrogen and oxygen atoms in total. The van der Waals surface area contributed by atoms with Crippen molar-refractivity contribution in [3.05, 3.63) is 71.8 Å². The van der Waals surface area contributed by atoms with Gasteiger partial charge in [0.2, 0.25) is 0 Å². The molecule has 0 N–H and O–H groups in total. The van der Waals surface area contributed by atoms with Crippen molar-refractivity contribution in [1.82, 2.24) is 0 Å². The van der Waals surface area contributed by atoms with Crippen molar-refractivity contribution < 1.29 is 25.9 Å². The van der Waals surface area contributed by atoms with Gasteiger partial charge in [0, 0.05) is 19.3 Å². The fourth-order valence-corrected chi connectivity index (χ4v) is 35.0. The van der Waals surface area contributed by atoms with Crippen LogP contribution in [-0.4, -0.2) is 78.0 Å². The van der Waals surface area contributed by atoms with Crippen LogP contribution in [0.25, 0.3) is 0 Å². The molecule has 0 radical (unpaired) electrons. The molecule has 0 aliphatic heterocycles. The molecule has 0 saturated carbocycles. The normalized spacial score (nSPS) is 16.0. The summed E-state index contributed by atoms with van der Waals surface area (Å²) < 4.78 is 39.6. The second kappa shape index (κ2) is 22.9. The Morgan fingerprint density at radius 2 is 1.27 bits per heavy atom. The van der Waals surface area contributed by atoms with Gasteiger partial charge in [-0.1, -0.05) is 93.3 Å². The van der Waals surface area contributed by atoms with Crippen LogP contribution in [0.4, 0.5) is 0 Å². The Balaban J connectivity index is 2.32. The number of methoxy groups -OCH3 is 1. The van der Waals surface area contributed by atoms with Gasteiger partial charge < -0.3 is 25.9 Å². The van der Waals surface area contributed by atoms with Gasteiger partial charge in [-0.15, -0.1) is 0 Å². The molecule has 0 spiro atoms. The molecule has 0 fully saturated rings. The first-order valence-electron chi connectivity index (χ1n) is 20.3. The van der Waals surface area contributed by atoms with Crippen LogP contribution >= 0.6 is 0 Å². The first-order valence-corrected chi connectivity index (χ1v) is 37.5. The Labute approximate surface area is 327 Å². The summed E-state index contributed by atoms with van der Waals surface area (Å²) in [6, 6.07) is 25.7. The zero-order valence-corrected chi connectivity index (χ0v) is 41.8. The minimum Gasteiger partial charge on any atom is -0.458 e. The number of benzene rings is 2. The molecule has 2 rings (SSSR count). The molecular weight excluding hydrogens is 745 g/mol. The third-order valence-electron chi connectivity index (χ3n) is 9.74. The Hall–Kier alpha value is -0.499. The lowest BCUT2D eigenvalue weighted by atomic mass is 9.87. The molecule has 52 heavy (non-hydrogen) atoms. The first-order chi connectivity index (χ1) is 24.3. The monoisotopic (exact) mass is 822 g/mol. The molecule has 2 aromatic rings. The molecule has 0 heterocycles. The Morgan fingerprint density at radius 1 is 0.654 bits per heavy atom. The lowest BCUT2D eigenvalue weighted by Crippen LogP contribution is -2.58. The van der Waals surface area contributed by atoms with Crippen molar-refractivity contribution in [2.24, 2.45) is 0 Å². The molecule has 2 aromatic carbocycles. The number of rotatable bonds is 28. The summed E-state index contributed by atoms with van der Waals surface area (Å²) in [7, 11) is -10.7. The zero-order valence-electron chi connectivity index (χ0n) is 35.6. The average molecular weight is 824 g/mol. The lowest BCUT2D eigenvalue weighted by molar-refractivity contribution is 0.0707. The van der Waals surface area contributed by atoms with Crippen LogP contribution in [0.3, 0.4) is 0 Å². The largest absolute Gasteiger partial charge is 0.458 e. The Morgan fingerprint density at radius 3 is 1.85 bits per heavy atom. The van der Waals surface area contributed by atoms with Crippen LogP contribution in [0, 0.1) is 0 Å². The molecule has 0 aliphatic rings. The standard InChI is InChI=1S/C40H78O6Si6/c1-14-15-18-29-39(37-25-19-16-20-26-37)36-40(38-27-21-17-22-28-38)50(9,10)45-52(13,46-51(11,12)44-48(4,5)6)35-24-33-47(3)43-49(7,8)34-23-30-42-32-31-41-2/h16-17,19-22,25-28,39-40,47H,14-15,18,23-24,29-36H2,1-13H3. The van der Waals surface area contributed by atoms with E-state index in [1.165, 1.54) is 36.8 Å². The van der Waals surface area contributed by atoms with Crippen molar-refractivity contribution >= 4 is 51.1 Å². The van der Waals surface area contributed by atoms with E-state index < -0.39 is 51.1 Å². The average Bonchev–Trinajstić information content (AvgIpc) is 3.03. The summed E-state index contributed by atoms with van der Waals surface area (Å²) in [6.45, 7) is 30.2.